The molecule has 0 heterocycles. The van der Waals surface area contributed by atoms with Gasteiger partial charge in [0.15, 0.2) is 0 Å². The second kappa shape index (κ2) is 5.36. The molecule has 1 aromatic carbocycles. The summed E-state index contributed by atoms with van der Waals surface area (Å²) in [5, 5.41) is 3.11. The monoisotopic (exact) mass is 257 g/mol. The van der Waals surface area contributed by atoms with Crippen LogP contribution >= 0.6 is 0 Å². The molecule has 0 aliphatic heterocycles. The van der Waals surface area contributed by atoms with E-state index in [0.717, 1.165) is 30.4 Å². The van der Waals surface area contributed by atoms with Crippen molar-refractivity contribution in [1.29, 1.82) is 0 Å². The van der Waals surface area contributed by atoms with Crippen LogP contribution in [-0.4, -0.2) is 5.91 Å². The number of carbonyl (C=O) groups is 1. The Labute approximate surface area is 115 Å². The summed E-state index contributed by atoms with van der Waals surface area (Å²) in [5.74, 6) is 2.61. The first-order chi connectivity index (χ1) is 9.26. The number of para-hydroxylation sites is 1. The Hall–Kier alpha value is -1.31. The fourth-order valence-corrected chi connectivity index (χ4v) is 4.02. The number of benzene rings is 1. The highest BCUT2D eigenvalue weighted by Gasteiger charge is 2.40. The second-order valence-electron chi connectivity index (χ2n) is 6.20. The lowest BCUT2D eigenvalue weighted by molar-refractivity contribution is -0.117. The predicted octanol–water partition coefficient (Wildman–Crippen LogP) is 4.01. The highest BCUT2D eigenvalue weighted by Crippen LogP contribution is 2.49. The number of fused-ring (bicyclic) bond motifs is 2. The van der Waals surface area contributed by atoms with Crippen molar-refractivity contribution in [3.8, 4) is 0 Å². The van der Waals surface area contributed by atoms with Crippen molar-refractivity contribution in [3.05, 3.63) is 29.8 Å². The Balaban J connectivity index is 1.59. The minimum Gasteiger partial charge on any atom is -0.326 e. The van der Waals surface area contributed by atoms with E-state index in [0.29, 0.717) is 5.92 Å². The van der Waals surface area contributed by atoms with Crippen LogP contribution in [0.5, 0.6) is 0 Å². The number of carbonyl (C=O) groups excluding carboxylic acids is 1. The second-order valence-corrected chi connectivity index (χ2v) is 6.20. The lowest BCUT2D eigenvalue weighted by Crippen LogP contribution is -2.20. The number of aryl methyl sites for hydroxylation is 1. The highest BCUT2D eigenvalue weighted by atomic mass is 16.1. The van der Waals surface area contributed by atoms with Gasteiger partial charge in [-0.1, -0.05) is 31.5 Å². The molecule has 2 fully saturated rings. The summed E-state index contributed by atoms with van der Waals surface area (Å²) in [5.41, 5.74) is 2.22. The van der Waals surface area contributed by atoms with Crippen LogP contribution in [0.2, 0.25) is 0 Å². The van der Waals surface area contributed by atoms with Crippen molar-refractivity contribution in [1.82, 2.24) is 0 Å². The molecule has 1 N–H and O–H groups in total. The molecule has 0 radical (unpaired) electrons. The molecule has 2 aliphatic carbocycles. The summed E-state index contributed by atoms with van der Waals surface area (Å²) in [6, 6.07) is 8.13. The molecule has 2 saturated carbocycles. The number of hydrogen-bond donors (Lipinski definition) is 1. The van der Waals surface area contributed by atoms with Crippen molar-refractivity contribution in [2.75, 3.05) is 5.32 Å². The molecule has 0 aromatic heterocycles. The maximum atomic E-state index is 12.2. The summed E-state index contributed by atoms with van der Waals surface area (Å²) in [6.45, 7) is 2.13. The van der Waals surface area contributed by atoms with Gasteiger partial charge in [0.2, 0.25) is 5.91 Å². The van der Waals surface area contributed by atoms with Crippen LogP contribution in [0.25, 0.3) is 0 Å². The first-order valence-electron chi connectivity index (χ1n) is 7.64. The number of nitrogens with one attached hydrogen (secondary N) is 1. The normalized spacial score (nSPS) is 28.6. The van der Waals surface area contributed by atoms with Gasteiger partial charge in [-0.15, -0.1) is 0 Å². The van der Waals surface area contributed by atoms with Crippen LogP contribution < -0.4 is 5.32 Å². The summed E-state index contributed by atoms with van der Waals surface area (Å²) in [4.78, 5) is 12.2. The van der Waals surface area contributed by atoms with Crippen LogP contribution in [0.15, 0.2) is 24.3 Å². The molecular weight excluding hydrogens is 234 g/mol. The minimum atomic E-state index is 0.207. The molecule has 0 saturated heterocycles. The molecule has 1 amide bonds. The van der Waals surface area contributed by atoms with Gasteiger partial charge < -0.3 is 5.32 Å². The quantitative estimate of drug-likeness (QED) is 0.867. The largest absolute Gasteiger partial charge is 0.326 e. The maximum absolute atomic E-state index is 12.2. The van der Waals surface area contributed by atoms with E-state index in [1.54, 1.807) is 0 Å². The van der Waals surface area contributed by atoms with Crippen molar-refractivity contribution in [3.63, 3.8) is 0 Å². The van der Waals surface area contributed by atoms with Gasteiger partial charge in [-0.2, -0.15) is 0 Å². The Bertz CT molecular complexity index is 468. The first kappa shape index (κ1) is 12.7. The molecule has 2 nitrogen and oxygen atoms in total. The molecular formula is C17H23NO. The number of rotatable bonds is 4. The van der Waals surface area contributed by atoms with E-state index in [4.69, 9.17) is 0 Å². The van der Waals surface area contributed by atoms with Gasteiger partial charge in [0.05, 0.1) is 0 Å². The Kier molecular flexibility index (Phi) is 3.58. The molecule has 19 heavy (non-hydrogen) atoms. The minimum absolute atomic E-state index is 0.207. The maximum Gasteiger partial charge on any atom is 0.224 e. The summed E-state index contributed by atoms with van der Waals surface area (Å²) in [6.07, 6.45) is 7.11. The third-order valence-corrected chi connectivity index (χ3v) is 5.00. The zero-order chi connectivity index (χ0) is 13.2. The summed E-state index contributed by atoms with van der Waals surface area (Å²) in [7, 11) is 0. The molecule has 1 aromatic rings. The van der Waals surface area contributed by atoms with Crippen LogP contribution in [0.3, 0.4) is 0 Å². The third-order valence-electron chi connectivity index (χ3n) is 5.00. The van der Waals surface area contributed by atoms with Crippen LogP contribution in [0.4, 0.5) is 5.69 Å². The number of amides is 1. The molecule has 0 unspecified atom stereocenters. The smallest absolute Gasteiger partial charge is 0.224 e. The van der Waals surface area contributed by atoms with Crippen molar-refractivity contribution >= 4 is 11.6 Å². The van der Waals surface area contributed by atoms with Gasteiger partial charge in [0.25, 0.3) is 0 Å². The van der Waals surface area contributed by atoms with E-state index >= 15 is 0 Å². The van der Waals surface area contributed by atoms with Gasteiger partial charge in [-0.25, -0.2) is 0 Å². The zero-order valence-electron chi connectivity index (χ0n) is 11.7. The van der Waals surface area contributed by atoms with E-state index < -0.39 is 0 Å². The van der Waals surface area contributed by atoms with Crippen molar-refractivity contribution in [2.45, 2.75) is 45.4 Å². The Morgan fingerprint density at radius 2 is 2.11 bits per heavy atom. The van der Waals surface area contributed by atoms with Crippen molar-refractivity contribution in [2.24, 2.45) is 17.8 Å². The lowest BCUT2D eigenvalue weighted by atomic mass is 9.86. The van der Waals surface area contributed by atoms with E-state index in [2.05, 4.69) is 18.3 Å². The average Bonchev–Trinajstić information content (AvgIpc) is 3.01. The average molecular weight is 257 g/mol. The molecule has 0 spiro atoms. The highest BCUT2D eigenvalue weighted by molar-refractivity contribution is 5.91. The number of anilines is 1. The predicted molar refractivity (Wildman–Crippen MR) is 78.0 cm³/mol. The van der Waals surface area contributed by atoms with Gasteiger partial charge in [-0.3, -0.25) is 4.79 Å². The third kappa shape index (κ3) is 2.68. The summed E-state index contributed by atoms with van der Waals surface area (Å²) >= 11 is 0. The molecule has 3 rings (SSSR count). The molecule has 2 bridgehead atoms. The molecule has 102 valence electrons. The molecule has 2 aliphatic rings. The van der Waals surface area contributed by atoms with E-state index in [1.807, 2.05) is 18.2 Å². The lowest BCUT2D eigenvalue weighted by Gasteiger charge is -2.21. The van der Waals surface area contributed by atoms with E-state index in [9.17, 15) is 4.79 Å². The van der Waals surface area contributed by atoms with E-state index in [-0.39, 0.29) is 5.91 Å². The molecule has 3 atom stereocenters. The fraction of sp³-hybridized carbons (Fsp3) is 0.588. The van der Waals surface area contributed by atoms with Gasteiger partial charge in [-0.05, 0) is 55.1 Å². The topological polar surface area (TPSA) is 29.1 Å². The Morgan fingerprint density at radius 1 is 1.26 bits per heavy atom. The SMILES string of the molecule is CCc1ccccc1NC(=O)C[C@@H]1C[C@@H]2CC[C@@H]1C2. The van der Waals surface area contributed by atoms with E-state index in [1.165, 1.54) is 31.2 Å². The van der Waals surface area contributed by atoms with Crippen LogP contribution in [-0.2, 0) is 11.2 Å². The first-order valence-corrected chi connectivity index (χ1v) is 7.64. The zero-order valence-corrected chi connectivity index (χ0v) is 11.7. The Morgan fingerprint density at radius 3 is 2.79 bits per heavy atom. The van der Waals surface area contributed by atoms with Gasteiger partial charge >= 0.3 is 0 Å². The van der Waals surface area contributed by atoms with Crippen LogP contribution in [0, 0.1) is 17.8 Å². The van der Waals surface area contributed by atoms with Crippen LogP contribution in [0.1, 0.15) is 44.6 Å². The van der Waals surface area contributed by atoms with Gasteiger partial charge in [0.1, 0.15) is 0 Å². The standard InChI is InChI=1S/C17H23NO/c1-2-13-5-3-4-6-16(13)18-17(19)11-15-10-12-7-8-14(15)9-12/h3-6,12,14-15H,2,7-11H2,1H3,(H,18,19)/t12-,14-,15+/m1/s1. The summed E-state index contributed by atoms with van der Waals surface area (Å²) < 4.78 is 0. The molecule has 2 heteroatoms. The van der Waals surface area contributed by atoms with Gasteiger partial charge in [0, 0.05) is 12.1 Å². The fourth-order valence-electron chi connectivity index (χ4n) is 4.02. The number of hydrogen-bond acceptors (Lipinski definition) is 1. The van der Waals surface area contributed by atoms with Crippen molar-refractivity contribution < 1.29 is 4.79 Å².